The molecule has 0 aliphatic carbocycles. The first-order chi connectivity index (χ1) is 14.2. The Hall–Kier alpha value is -2.67. The maximum atomic E-state index is 12.5. The predicted molar refractivity (Wildman–Crippen MR) is 111 cm³/mol. The number of piperazine rings is 1. The summed E-state index contributed by atoms with van der Waals surface area (Å²) in [6.45, 7) is 6.01. The Morgan fingerprint density at radius 1 is 1.14 bits per heavy atom. The molecule has 2 amide bonds. The number of nitrogens with zero attached hydrogens (tertiary/aromatic N) is 3. The largest absolute Gasteiger partial charge is 0.441 e. The smallest absolute Gasteiger partial charge is 0.234 e. The third-order valence-electron chi connectivity index (χ3n) is 5.11. The van der Waals surface area contributed by atoms with Gasteiger partial charge in [-0.25, -0.2) is 4.98 Å². The number of carbonyl (C=O) groups is 2. The molecule has 7 nitrogen and oxygen atoms in total. The van der Waals surface area contributed by atoms with Gasteiger partial charge in [0, 0.05) is 51.1 Å². The lowest BCUT2D eigenvalue weighted by atomic mass is 10.2. The van der Waals surface area contributed by atoms with E-state index in [2.05, 4.69) is 22.1 Å². The predicted octanol–water partition coefficient (Wildman–Crippen LogP) is 2.33. The van der Waals surface area contributed by atoms with E-state index in [0.29, 0.717) is 38.4 Å². The van der Waals surface area contributed by atoms with Gasteiger partial charge in [-0.05, 0) is 6.42 Å². The minimum Gasteiger partial charge on any atom is -0.441 e. The average Bonchev–Trinajstić information content (AvgIpc) is 3.22. The van der Waals surface area contributed by atoms with Crippen LogP contribution in [0, 0.1) is 0 Å². The van der Waals surface area contributed by atoms with E-state index in [9.17, 15) is 9.59 Å². The molecule has 1 fully saturated rings. The first kappa shape index (κ1) is 21.0. The Morgan fingerprint density at radius 3 is 2.62 bits per heavy atom. The van der Waals surface area contributed by atoms with Crippen molar-refractivity contribution >= 4 is 11.8 Å². The maximum absolute atomic E-state index is 12.5. The molecule has 0 bridgehead atoms. The summed E-state index contributed by atoms with van der Waals surface area (Å²) in [5, 5.41) is 2.94. The van der Waals surface area contributed by atoms with Gasteiger partial charge in [0.1, 0.15) is 0 Å². The molecule has 29 heavy (non-hydrogen) atoms. The number of aromatic nitrogens is 1. The highest BCUT2D eigenvalue weighted by Gasteiger charge is 2.22. The number of nitrogens with one attached hydrogen (secondary N) is 1. The molecule has 0 unspecified atom stereocenters. The first-order valence-electron chi connectivity index (χ1n) is 10.4. The Labute approximate surface area is 172 Å². The monoisotopic (exact) mass is 398 g/mol. The summed E-state index contributed by atoms with van der Waals surface area (Å²) < 4.78 is 5.77. The number of rotatable bonds is 9. The number of hydrogen-bond donors (Lipinski definition) is 1. The Balaban J connectivity index is 1.38. The fraction of sp³-hybridized carbons (Fsp3) is 0.500. The van der Waals surface area contributed by atoms with Crippen LogP contribution in [0.4, 0.5) is 0 Å². The Bertz CT molecular complexity index is 782. The van der Waals surface area contributed by atoms with Gasteiger partial charge in [-0.3, -0.25) is 14.5 Å². The second-order valence-corrected chi connectivity index (χ2v) is 7.34. The van der Waals surface area contributed by atoms with Crippen LogP contribution in [-0.4, -0.2) is 65.9 Å². The number of carbonyl (C=O) groups excluding carboxylic acids is 2. The van der Waals surface area contributed by atoms with Crippen LogP contribution in [-0.2, 0) is 16.0 Å². The van der Waals surface area contributed by atoms with Crippen molar-refractivity contribution in [3.63, 3.8) is 0 Å². The topological polar surface area (TPSA) is 78.7 Å². The molecule has 0 atom stereocenters. The molecule has 2 heterocycles. The van der Waals surface area contributed by atoms with Crippen molar-refractivity contribution in [1.82, 2.24) is 20.1 Å². The van der Waals surface area contributed by atoms with Gasteiger partial charge in [0.25, 0.3) is 0 Å². The van der Waals surface area contributed by atoms with Crippen LogP contribution in [0.5, 0.6) is 0 Å². The molecule has 3 rings (SSSR count). The lowest BCUT2D eigenvalue weighted by Gasteiger charge is -2.34. The van der Waals surface area contributed by atoms with E-state index in [1.165, 1.54) is 0 Å². The van der Waals surface area contributed by atoms with Gasteiger partial charge in [-0.1, -0.05) is 43.7 Å². The molecule has 1 aromatic heterocycles. The quantitative estimate of drug-likeness (QED) is 0.656. The molecule has 156 valence electrons. The van der Waals surface area contributed by atoms with E-state index < -0.39 is 0 Å². The van der Waals surface area contributed by atoms with Gasteiger partial charge in [-0.2, -0.15) is 0 Å². The number of hydrogen-bond acceptors (Lipinski definition) is 5. The normalized spacial score (nSPS) is 14.7. The van der Waals surface area contributed by atoms with Crippen molar-refractivity contribution in [2.45, 2.75) is 32.6 Å². The van der Waals surface area contributed by atoms with Gasteiger partial charge < -0.3 is 14.6 Å². The summed E-state index contributed by atoms with van der Waals surface area (Å²) >= 11 is 0. The molecule has 0 saturated carbocycles. The average molecular weight is 399 g/mol. The minimum atomic E-state index is 0.0661. The minimum absolute atomic E-state index is 0.0661. The fourth-order valence-corrected chi connectivity index (χ4v) is 3.35. The molecular weight excluding hydrogens is 368 g/mol. The molecule has 2 aromatic rings. The van der Waals surface area contributed by atoms with Crippen molar-refractivity contribution < 1.29 is 14.0 Å². The maximum Gasteiger partial charge on any atom is 0.234 e. The fourth-order valence-electron chi connectivity index (χ4n) is 3.35. The van der Waals surface area contributed by atoms with Gasteiger partial charge in [0.15, 0.2) is 11.7 Å². The van der Waals surface area contributed by atoms with Gasteiger partial charge in [0.05, 0.1) is 12.7 Å². The number of amides is 2. The third-order valence-corrected chi connectivity index (χ3v) is 5.11. The van der Waals surface area contributed by atoms with Gasteiger partial charge in [0.2, 0.25) is 11.8 Å². The molecular formula is C22H30N4O3. The first-order valence-corrected chi connectivity index (χ1v) is 10.4. The summed E-state index contributed by atoms with van der Waals surface area (Å²) in [4.78, 5) is 32.7. The van der Waals surface area contributed by atoms with Crippen molar-refractivity contribution in [2.75, 3.05) is 39.3 Å². The van der Waals surface area contributed by atoms with E-state index in [0.717, 1.165) is 43.8 Å². The second-order valence-electron chi connectivity index (χ2n) is 7.34. The molecule has 1 aromatic carbocycles. The Kier molecular flexibility index (Phi) is 7.81. The van der Waals surface area contributed by atoms with E-state index in [4.69, 9.17) is 4.42 Å². The van der Waals surface area contributed by atoms with Crippen LogP contribution in [0.2, 0.25) is 0 Å². The lowest BCUT2D eigenvalue weighted by Crippen LogP contribution is -2.51. The van der Waals surface area contributed by atoms with E-state index in [1.54, 1.807) is 6.20 Å². The summed E-state index contributed by atoms with van der Waals surface area (Å²) in [7, 11) is 0. The van der Waals surface area contributed by atoms with Crippen molar-refractivity contribution in [2.24, 2.45) is 0 Å². The number of aryl methyl sites for hydroxylation is 1. The molecule has 1 aliphatic rings. The van der Waals surface area contributed by atoms with E-state index >= 15 is 0 Å². The molecule has 1 saturated heterocycles. The Morgan fingerprint density at radius 2 is 1.90 bits per heavy atom. The highest BCUT2D eigenvalue weighted by Crippen LogP contribution is 2.20. The molecule has 0 radical (unpaired) electrons. The van der Waals surface area contributed by atoms with Gasteiger partial charge in [-0.15, -0.1) is 0 Å². The van der Waals surface area contributed by atoms with Crippen LogP contribution in [0.3, 0.4) is 0 Å². The number of oxazole rings is 1. The second kappa shape index (κ2) is 10.8. The van der Waals surface area contributed by atoms with Crippen LogP contribution in [0.15, 0.2) is 40.9 Å². The standard InChI is InChI=1S/C22H30N4O3/c1-2-3-11-23-20(27)17-25-12-14-26(15-13-25)22(28)10-9-21-24-16-19(29-21)18-7-5-4-6-8-18/h4-8,16H,2-3,9-15,17H2,1H3,(H,23,27). The van der Waals surface area contributed by atoms with E-state index in [1.807, 2.05) is 35.2 Å². The lowest BCUT2D eigenvalue weighted by molar-refractivity contribution is -0.133. The van der Waals surface area contributed by atoms with Crippen LogP contribution < -0.4 is 5.32 Å². The summed E-state index contributed by atoms with van der Waals surface area (Å²) in [6, 6.07) is 9.81. The zero-order chi connectivity index (χ0) is 20.5. The molecule has 7 heteroatoms. The molecule has 1 aliphatic heterocycles. The highest BCUT2D eigenvalue weighted by molar-refractivity contribution is 5.78. The summed E-state index contributed by atoms with van der Waals surface area (Å²) in [6.07, 6.45) is 4.66. The summed E-state index contributed by atoms with van der Waals surface area (Å²) in [5.41, 5.74) is 0.979. The van der Waals surface area contributed by atoms with Crippen LogP contribution >= 0.6 is 0 Å². The third kappa shape index (κ3) is 6.42. The molecule has 0 spiro atoms. The highest BCUT2D eigenvalue weighted by atomic mass is 16.4. The van der Waals surface area contributed by atoms with Crippen LogP contribution in [0.25, 0.3) is 11.3 Å². The zero-order valence-corrected chi connectivity index (χ0v) is 17.1. The van der Waals surface area contributed by atoms with Gasteiger partial charge >= 0.3 is 0 Å². The SMILES string of the molecule is CCCCNC(=O)CN1CCN(C(=O)CCc2ncc(-c3ccccc3)o2)CC1. The number of unbranched alkanes of at least 4 members (excludes halogenated alkanes) is 1. The summed E-state index contributed by atoms with van der Waals surface area (Å²) in [5.74, 6) is 1.48. The number of benzene rings is 1. The van der Waals surface area contributed by atoms with E-state index in [-0.39, 0.29) is 11.8 Å². The van der Waals surface area contributed by atoms with Crippen LogP contribution in [0.1, 0.15) is 32.1 Å². The zero-order valence-electron chi connectivity index (χ0n) is 17.1. The van der Waals surface area contributed by atoms with Crippen molar-refractivity contribution in [3.05, 3.63) is 42.4 Å². The molecule has 1 N–H and O–H groups in total. The van der Waals surface area contributed by atoms with Crippen molar-refractivity contribution in [1.29, 1.82) is 0 Å². The van der Waals surface area contributed by atoms with Crippen molar-refractivity contribution in [3.8, 4) is 11.3 Å².